The molecular formula is C52H67N11O12S. The van der Waals surface area contributed by atoms with Crippen molar-refractivity contribution in [1.82, 2.24) is 35.0 Å². The topological polar surface area (TPSA) is 265 Å². The van der Waals surface area contributed by atoms with Gasteiger partial charge in [0.2, 0.25) is 29.6 Å². The summed E-state index contributed by atoms with van der Waals surface area (Å²) in [6.07, 6.45) is 3.81. The highest BCUT2D eigenvalue weighted by molar-refractivity contribution is 7.92. The molecule has 3 aromatic carbocycles. The highest BCUT2D eigenvalue weighted by Gasteiger charge is 2.45. The number of rotatable bonds is 26. The van der Waals surface area contributed by atoms with Crippen molar-refractivity contribution in [2.45, 2.75) is 68.2 Å². The number of carbonyl (C=O) groups is 5. The van der Waals surface area contributed by atoms with Crippen LogP contribution in [0.25, 0.3) is 0 Å². The van der Waals surface area contributed by atoms with Gasteiger partial charge in [-0.15, -0.1) is 0 Å². The van der Waals surface area contributed by atoms with E-state index in [1.165, 1.54) is 6.33 Å². The van der Waals surface area contributed by atoms with Crippen LogP contribution in [0.3, 0.4) is 0 Å². The normalized spacial score (nSPS) is 17.5. The van der Waals surface area contributed by atoms with E-state index in [1.807, 2.05) is 23.1 Å². The maximum atomic E-state index is 13.3. The molecule has 24 heteroatoms. The van der Waals surface area contributed by atoms with Crippen LogP contribution in [-0.2, 0) is 43.2 Å². The predicted octanol–water partition coefficient (Wildman–Crippen LogP) is 3.63. The minimum absolute atomic E-state index is 0.0537. The lowest BCUT2D eigenvalue weighted by molar-refractivity contribution is -0.136. The Balaban J connectivity index is 0.643. The molecule has 1 atom stereocenters. The average molecular weight is 1070 g/mol. The quantitative estimate of drug-likeness (QED) is 0.0517. The summed E-state index contributed by atoms with van der Waals surface area (Å²) < 4.78 is 54.2. The number of hydrogen-bond donors (Lipinski definition) is 4. The first kappa shape index (κ1) is 55.4. The number of benzene rings is 3. The zero-order chi connectivity index (χ0) is 53.6. The van der Waals surface area contributed by atoms with Gasteiger partial charge in [0.25, 0.3) is 11.8 Å². The summed E-state index contributed by atoms with van der Waals surface area (Å²) in [5.41, 5.74) is 2.96. The Morgan fingerprint density at radius 1 is 0.737 bits per heavy atom. The molecule has 1 aromatic heterocycles. The minimum Gasteiger partial charge on any atom is -0.494 e. The molecule has 3 fully saturated rings. The lowest BCUT2D eigenvalue weighted by atomic mass is 10.0. The Labute approximate surface area is 442 Å². The van der Waals surface area contributed by atoms with E-state index in [4.69, 9.17) is 23.7 Å². The van der Waals surface area contributed by atoms with Gasteiger partial charge in [0.1, 0.15) is 18.1 Å². The van der Waals surface area contributed by atoms with Crippen molar-refractivity contribution in [3.63, 3.8) is 0 Å². The highest BCUT2D eigenvalue weighted by atomic mass is 32.2. The van der Waals surface area contributed by atoms with Crippen LogP contribution in [0.1, 0.15) is 66.7 Å². The summed E-state index contributed by atoms with van der Waals surface area (Å²) in [4.78, 5) is 84.1. The molecule has 0 bridgehead atoms. The highest BCUT2D eigenvalue weighted by Crippen LogP contribution is 2.35. The van der Waals surface area contributed by atoms with Gasteiger partial charge in [-0.25, -0.2) is 18.4 Å². The number of piperidine rings is 2. The first-order valence-corrected chi connectivity index (χ1v) is 27.3. The van der Waals surface area contributed by atoms with Gasteiger partial charge in [-0.05, 0) is 69.5 Å². The second-order valence-electron chi connectivity index (χ2n) is 18.8. The third kappa shape index (κ3) is 13.8. The first-order chi connectivity index (χ1) is 36.8. The van der Waals surface area contributed by atoms with Crippen LogP contribution in [0.4, 0.5) is 34.6 Å². The Morgan fingerprint density at radius 3 is 2.05 bits per heavy atom. The average Bonchev–Trinajstić information content (AvgIpc) is 3.68. The third-order valence-electron chi connectivity index (χ3n) is 13.7. The Kier molecular flexibility index (Phi) is 19.2. The van der Waals surface area contributed by atoms with Crippen molar-refractivity contribution in [1.29, 1.82) is 0 Å². The van der Waals surface area contributed by atoms with Crippen molar-refractivity contribution in [3.05, 3.63) is 78.1 Å². The molecule has 0 saturated carbocycles. The van der Waals surface area contributed by atoms with Crippen LogP contribution in [0.5, 0.6) is 5.75 Å². The first-order valence-electron chi connectivity index (χ1n) is 25.7. The standard InChI is InChI=1S/C52H67N11O12S/c1-35(2)76(69,70)44-10-5-4-8-40(44)57-52-55-34-54-51(59-52)56-39-12-11-37(33-43(39)71-3)60-19-15-36(16-20-60)61-21-23-62(24-22-61)46(65)17-25-72-27-29-74-31-32-75-30-28-73-26-18-53-41-9-6-7-38-47(41)50(68)63(49(38)67)42-13-14-45(64)58-48(42)66/h4-12,33-36,42,53H,13-32H2,1-3H3,(H,58,64,66)(H2,54,55,56,57,59). The van der Waals surface area contributed by atoms with Gasteiger partial charge < -0.3 is 49.4 Å². The van der Waals surface area contributed by atoms with Crippen molar-refractivity contribution in [3.8, 4) is 5.75 Å². The molecule has 4 N–H and O–H groups in total. The lowest BCUT2D eigenvalue weighted by Crippen LogP contribution is -2.54. The van der Waals surface area contributed by atoms with Crippen LogP contribution in [0.15, 0.2) is 71.9 Å². The van der Waals surface area contributed by atoms with E-state index in [0.717, 1.165) is 49.6 Å². The van der Waals surface area contributed by atoms with Gasteiger partial charge in [0, 0.05) is 75.7 Å². The summed E-state index contributed by atoms with van der Waals surface area (Å²) in [5, 5.41) is 11.0. The summed E-state index contributed by atoms with van der Waals surface area (Å²) >= 11 is 0. The largest absolute Gasteiger partial charge is 0.494 e. The van der Waals surface area contributed by atoms with E-state index >= 15 is 0 Å². The van der Waals surface area contributed by atoms with Crippen molar-refractivity contribution in [2.75, 3.05) is 127 Å². The molecule has 5 heterocycles. The van der Waals surface area contributed by atoms with Crippen LogP contribution >= 0.6 is 0 Å². The monoisotopic (exact) mass is 1070 g/mol. The number of piperazine rings is 1. The van der Waals surface area contributed by atoms with Gasteiger partial charge >= 0.3 is 0 Å². The number of ether oxygens (including phenoxy) is 5. The van der Waals surface area contributed by atoms with Crippen LogP contribution < -0.4 is 30.9 Å². The predicted molar refractivity (Wildman–Crippen MR) is 281 cm³/mol. The molecule has 76 heavy (non-hydrogen) atoms. The molecule has 0 radical (unpaired) electrons. The number of imide groups is 2. The van der Waals surface area contributed by atoms with Crippen LogP contribution in [0, 0.1) is 0 Å². The van der Waals surface area contributed by atoms with Gasteiger partial charge in [-0.3, -0.25) is 39.1 Å². The Hall–Kier alpha value is -6.83. The summed E-state index contributed by atoms with van der Waals surface area (Å²) in [7, 11) is -1.94. The molecule has 5 amide bonds. The molecular weight excluding hydrogens is 1000 g/mol. The Bertz CT molecular complexity index is 2810. The van der Waals surface area contributed by atoms with Crippen molar-refractivity contribution in [2.24, 2.45) is 0 Å². The number of nitrogens with zero attached hydrogens (tertiary/aromatic N) is 7. The molecule has 23 nitrogen and oxygen atoms in total. The van der Waals surface area contributed by atoms with Gasteiger partial charge in [0.05, 0.1) is 99.0 Å². The number of carbonyl (C=O) groups excluding carboxylic acids is 5. The van der Waals surface area contributed by atoms with E-state index in [9.17, 15) is 32.4 Å². The summed E-state index contributed by atoms with van der Waals surface area (Å²) in [6, 6.07) is 16.9. The van der Waals surface area contributed by atoms with Gasteiger partial charge in [-0.2, -0.15) is 4.98 Å². The fourth-order valence-electron chi connectivity index (χ4n) is 9.53. The number of nitrogens with one attached hydrogen (secondary N) is 4. The summed E-state index contributed by atoms with van der Waals surface area (Å²) in [5.74, 6) is -1.05. The van der Waals surface area contributed by atoms with Gasteiger partial charge in [-0.1, -0.05) is 18.2 Å². The zero-order valence-electron chi connectivity index (χ0n) is 43.2. The number of fused-ring (bicyclic) bond motifs is 1. The van der Waals surface area contributed by atoms with E-state index in [2.05, 4.69) is 46.0 Å². The maximum Gasteiger partial charge on any atom is 0.264 e. The smallest absolute Gasteiger partial charge is 0.264 e. The fourth-order valence-corrected chi connectivity index (χ4v) is 10.7. The second-order valence-corrected chi connectivity index (χ2v) is 21.3. The molecule has 8 rings (SSSR count). The fraction of sp³-hybridized carbons (Fsp3) is 0.500. The van der Waals surface area contributed by atoms with E-state index in [-0.39, 0.29) is 46.7 Å². The summed E-state index contributed by atoms with van der Waals surface area (Å²) in [6.45, 7) is 11.3. The van der Waals surface area contributed by atoms with Crippen LogP contribution in [-0.4, -0.2) is 191 Å². The van der Waals surface area contributed by atoms with Crippen molar-refractivity contribution < 1.29 is 56.1 Å². The molecule has 4 aromatic rings. The van der Waals surface area contributed by atoms with E-state index in [0.29, 0.717) is 108 Å². The van der Waals surface area contributed by atoms with E-state index in [1.54, 1.807) is 63.4 Å². The second kappa shape index (κ2) is 26.3. The Morgan fingerprint density at radius 2 is 1.38 bits per heavy atom. The lowest BCUT2D eigenvalue weighted by Gasteiger charge is -2.43. The minimum atomic E-state index is -3.55. The molecule has 4 aliphatic heterocycles. The van der Waals surface area contributed by atoms with Gasteiger partial charge in [0.15, 0.2) is 9.84 Å². The zero-order valence-corrected chi connectivity index (χ0v) is 44.0. The molecule has 3 saturated heterocycles. The number of para-hydroxylation sites is 1. The molecule has 4 aliphatic rings. The van der Waals surface area contributed by atoms with E-state index < -0.39 is 44.8 Å². The SMILES string of the molecule is COc1cc(N2CCC(N3CCN(C(=O)CCOCCOCCOCCOCCNc4cccc5c4C(=O)N(C4CCC(=O)NC4=O)C5=O)CC3)CC2)ccc1Nc1ncnc(Nc2ccccc2S(=O)(=O)C(C)C)n1. The molecule has 1 unspecified atom stereocenters. The number of anilines is 6. The number of hydrogen-bond acceptors (Lipinski definition) is 20. The molecule has 408 valence electrons. The van der Waals surface area contributed by atoms with Crippen LogP contribution in [0.2, 0.25) is 0 Å². The third-order valence-corrected chi connectivity index (χ3v) is 15.9. The molecule has 0 aliphatic carbocycles. The number of amides is 5. The molecule has 0 spiro atoms. The number of methoxy groups -OCH3 is 1. The maximum absolute atomic E-state index is 13.3. The number of sulfone groups is 1. The van der Waals surface area contributed by atoms with Crippen molar-refractivity contribution >= 4 is 74.0 Å². The number of aromatic nitrogens is 3.